The Kier molecular flexibility index (Phi) is 5.80. The molecule has 0 unspecified atom stereocenters. The molecule has 178 valence electrons. The van der Waals surface area contributed by atoms with E-state index in [1.807, 2.05) is 0 Å². The molecular weight excluding hydrogens is 430 g/mol. The van der Waals surface area contributed by atoms with Crippen LogP contribution < -0.4 is 0 Å². The van der Waals surface area contributed by atoms with Gasteiger partial charge in [0.25, 0.3) is 0 Å². The highest BCUT2D eigenvalue weighted by atomic mass is 16.5. The Morgan fingerprint density at radius 3 is 2.68 bits per heavy atom. The van der Waals surface area contributed by atoms with Crippen molar-refractivity contribution in [3.8, 4) is 0 Å². The van der Waals surface area contributed by atoms with E-state index in [1.54, 1.807) is 4.90 Å². The normalized spacial score (nSPS) is 20.5. The summed E-state index contributed by atoms with van der Waals surface area (Å²) in [5.74, 6) is 0.0765. The summed E-state index contributed by atoms with van der Waals surface area (Å²) in [6.07, 6.45) is 2.55. The number of aromatic nitrogens is 2. The highest BCUT2D eigenvalue weighted by Crippen LogP contribution is 2.44. The van der Waals surface area contributed by atoms with E-state index < -0.39 is 5.97 Å². The third-order valence-electron chi connectivity index (χ3n) is 7.59. The predicted octanol–water partition coefficient (Wildman–Crippen LogP) is 4.85. The molecular formula is C27H31N3O4. The number of aryl methyl sites for hydroxylation is 1. The molecule has 1 aliphatic heterocycles. The number of amides is 1. The van der Waals surface area contributed by atoms with Gasteiger partial charge in [-0.25, -0.2) is 9.78 Å². The molecule has 1 amide bonds. The van der Waals surface area contributed by atoms with E-state index in [1.165, 1.54) is 23.8 Å². The minimum atomic E-state index is -0.724. The molecule has 1 N–H and O–H groups in total. The molecule has 2 heterocycles. The summed E-state index contributed by atoms with van der Waals surface area (Å²) in [5, 5.41) is 9.43. The fourth-order valence-electron chi connectivity index (χ4n) is 5.53. The lowest BCUT2D eigenvalue weighted by molar-refractivity contribution is -0.145. The third kappa shape index (κ3) is 3.83. The second-order valence-corrected chi connectivity index (χ2v) is 9.74. The average molecular weight is 462 g/mol. The fourth-order valence-corrected chi connectivity index (χ4v) is 5.53. The number of imidazole rings is 1. The molecule has 1 fully saturated rings. The molecule has 3 aromatic rings. The van der Waals surface area contributed by atoms with Crippen LogP contribution in [0.4, 0.5) is 4.79 Å². The number of fused-ring (bicyclic) bond motifs is 3. The monoisotopic (exact) mass is 461 g/mol. The summed E-state index contributed by atoms with van der Waals surface area (Å²) >= 11 is 0. The minimum absolute atomic E-state index is 0.128. The highest BCUT2D eigenvalue weighted by Gasteiger charge is 2.39. The fraction of sp³-hybridized carbons (Fsp3) is 0.444. The van der Waals surface area contributed by atoms with Gasteiger partial charge in [0.15, 0.2) is 0 Å². The van der Waals surface area contributed by atoms with Gasteiger partial charge >= 0.3 is 12.1 Å². The largest absolute Gasteiger partial charge is 0.481 e. The lowest BCUT2D eigenvalue weighted by atomic mass is 9.74. The molecule has 1 atom stereocenters. The van der Waals surface area contributed by atoms with Crippen LogP contribution in [0.2, 0.25) is 0 Å². The van der Waals surface area contributed by atoms with Crippen molar-refractivity contribution < 1.29 is 19.4 Å². The number of hydrogen-bond donors (Lipinski definition) is 1. The van der Waals surface area contributed by atoms with Crippen molar-refractivity contribution in [1.82, 2.24) is 14.5 Å². The summed E-state index contributed by atoms with van der Waals surface area (Å²) in [6.45, 7) is 5.45. The average Bonchev–Trinajstić information content (AvgIpc) is 3.18. The van der Waals surface area contributed by atoms with E-state index in [0.29, 0.717) is 25.9 Å². The topological polar surface area (TPSA) is 84.7 Å². The molecule has 0 saturated heterocycles. The number of carboxylic acids is 1. The summed E-state index contributed by atoms with van der Waals surface area (Å²) in [7, 11) is 1.41. The molecule has 0 radical (unpaired) electrons. The van der Waals surface area contributed by atoms with E-state index in [4.69, 9.17) is 9.72 Å². The van der Waals surface area contributed by atoms with Crippen molar-refractivity contribution >= 4 is 23.1 Å². The zero-order chi connectivity index (χ0) is 24.0. The van der Waals surface area contributed by atoms with E-state index >= 15 is 0 Å². The van der Waals surface area contributed by atoms with Gasteiger partial charge in [0.05, 0.1) is 30.6 Å². The molecule has 1 aliphatic carbocycles. The maximum Gasteiger partial charge on any atom is 0.409 e. The SMILES string of the molecule is COC(=O)N1CCc2ccc3c(nc([C@H]4C[C@@H](C(=O)O)C4)n3[C@@H](C)Cc3ccccc3C)c2C1. The van der Waals surface area contributed by atoms with Gasteiger partial charge in [-0.1, -0.05) is 30.3 Å². The first-order valence-electron chi connectivity index (χ1n) is 12.0. The van der Waals surface area contributed by atoms with Crippen LogP contribution >= 0.6 is 0 Å². The Morgan fingerprint density at radius 1 is 1.21 bits per heavy atom. The lowest BCUT2D eigenvalue weighted by Gasteiger charge is -2.33. The molecule has 7 heteroatoms. The number of hydrogen-bond acceptors (Lipinski definition) is 4. The minimum Gasteiger partial charge on any atom is -0.481 e. The number of carbonyl (C=O) groups is 2. The van der Waals surface area contributed by atoms with Gasteiger partial charge < -0.3 is 19.3 Å². The first-order chi connectivity index (χ1) is 16.4. The highest BCUT2D eigenvalue weighted by molar-refractivity contribution is 5.83. The quantitative estimate of drug-likeness (QED) is 0.587. The van der Waals surface area contributed by atoms with E-state index in [0.717, 1.165) is 35.3 Å². The third-order valence-corrected chi connectivity index (χ3v) is 7.59. The zero-order valence-electron chi connectivity index (χ0n) is 20.0. The molecule has 5 rings (SSSR count). The summed E-state index contributed by atoms with van der Waals surface area (Å²) in [5.41, 5.74) is 6.84. The lowest BCUT2D eigenvalue weighted by Crippen LogP contribution is -2.35. The molecule has 1 aromatic heterocycles. The molecule has 1 saturated carbocycles. The first-order valence-corrected chi connectivity index (χ1v) is 12.0. The number of rotatable bonds is 5. The molecule has 2 aliphatic rings. The number of aliphatic carboxylic acids is 1. The second-order valence-electron chi connectivity index (χ2n) is 9.74. The van der Waals surface area contributed by atoms with E-state index in [-0.39, 0.29) is 24.0 Å². The number of carbonyl (C=O) groups excluding carboxylic acids is 1. The Morgan fingerprint density at radius 2 is 1.97 bits per heavy atom. The van der Waals surface area contributed by atoms with Crippen molar-refractivity contribution in [2.24, 2.45) is 5.92 Å². The van der Waals surface area contributed by atoms with Crippen molar-refractivity contribution in [3.05, 3.63) is 64.5 Å². The van der Waals surface area contributed by atoms with Crippen molar-refractivity contribution in [2.75, 3.05) is 13.7 Å². The Hall–Kier alpha value is -3.35. The van der Waals surface area contributed by atoms with Crippen molar-refractivity contribution in [2.45, 2.75) is 58.0 Å². The van der Waals surface area contributed by atoms with E-state index in [2.05, 4.69) is 54.8 Å². The molecule has 7 nitrogen and oxygen atoms in total. The second kappa shape index (κ2) is 8.78. The number of ether oxygens (including phenoxy) is 1. The number of nitrogens with zero attached hydrogens (tertiary/aromatic N) is 3. The van der Waals surface area contributed by atoms with Gasteiger partial charge in [0.1, 0.15) is 5.82 Å². The smallest absolute Gasteiger partial charge is 0.409 e. The maximum absolute atomic E-state index is 12.2. The standard InChI is InChI=1S/C27H31N3O4/c1-16-6-4-5-7-19(16)12-17(2)30-23-9-8-18-10-11-29(27(33)34-3)15-22(18)24(23)28-25(30)20-13-21(14-20)26(31)32/h4-9,17,20-21H,10-15H2,1-3H3,(H,31,32)/t17-,20-,21+/m0/s1. The Balaban J connectivity index is 1.58. The maximum atomic E-state index is 12.2. The van der Waals surface area contributed by atoms with Gasteiger partial charge in [0, 0.05) is 24.1 Å². The summed E-state index contributed by atoms with van der Waals surface area (Å²) in [6, 6.07) is 12.9. The molecule has 0 spiro atoms. The molecule has 34 heavy (non-hydrogen) atoms. The zero-order valence-corrected chi connectivity index (χ0v) is 20.0. The van der Waals surface area contributed by atoms with Crippen molar-refractivity contribution in [1.29, 1.82) is 0 Å². The summed E-state index contributed by atoms with van der Waals surface area (Å²) in [4.78, 5) is 30.5. The van der Waals surface area contributed by atoms with Gasteiger partial charge in [-0.2, -0.15) is 0 Å². The molecule has 0 bridgehead atoms. The number of benzene rings is 2. The van der Waals surface area contributed by atoms with Crippen LogP contribution in [0, 0.1) is 12.8 Å². The summed E-state index contributed by atoms with van der Waals surface area (Å²) < 4.78 is 7.29. The number of carboxylic acid groups (broad SMARTS) is 1. The Labute approximate surface area is 199 Å². The van der Waals surface area contributed by atoms with Crippen LogP contribution in [0.3, 0.4) is 0 Å². The van der Waals surface area contributed by atoms with E-state index in [9.17, 15) is 14.7 Å². The van der Waals surface area contributed by atoms with Gasteiger partial charge in [-0.05, 0) is 62.3 Å². The van der Waals surface area contributed by atoms with Crippen LogP contribution in [0.15, 0.2) is 36.4 Å². The van der Waals surface area contributed by atoms with Crippen LogP contribution in [0.5, 0.6) is 0 Å². The Bertz CT molecular complexity index is 1260. The number of methoxy groups -OCH3 is 1. The molecule has 2 aromatic carbocycles. The van der Waals surface area contributed by atoms with Crippen molar-refractivity contribution in [3.63, 3.8) is 0 Å². The predicted molar refractivity (Wildman–Crippen MR) is 129 cm³/mol. The first kappa shape index (κ1) is 22.4. The van der Waals surface area contributed by atoms with Gasteiger partial charge in [-0.3, -0.25) is 4.79 Å². The van der Waals surface area contributed by atoms with Crippen LogP contribution in [-0.2, 0) is 28.9 Å². The van der Waals surface area contributed by atoms with Crippen LogP contribution in [0.1, 0.15) is 59.8 Å². The van der Waals surface area contributed by atoms with Gasteiger partial charge in [0.2, 0.25) is 0 Å². The van der Waals surface area contributed by atoms with Crippen LogP contribution in [-0.4, -0.2) is 45.3 Å². The van der Waals surface area contributed by atoms with Gasteiger partial charge in [-0.15, -0.1) is 0 Å². The van der Waals surface area contributed by atoms with Crippen LogP contribution in [0.25, 0.3) is 11.0 Å².